The summed E-state index contributed by atoms with van der Waals surface area (Å²) in [6, 6.07) is 14.3. The van der Waals surface area contributed by atoms with E-state index in [9.17, 15) is 9.59 Å². The number of fused-ring (bicyclic) bond motifs is 1. The van der Waals surface area contributed by atoms with Crippen molar-refractivity contribution in [1.82, 2.24) is 19.7 Å². The summed E-state index contributed by atoms with van der Waals surface area (Å²) in [5.74, 6) is 0.420. The molecule has 10 heteroatoms. The number of aromatic nitrogens is 4. The monoisotopic (exact) mass is 442 g/mol. The Morgan fingerprint density at radius 3 is 2.83 bits per heavy atom. The Balaban J connectivity index is 1.59. The van der Waals surface area contributed by atoms with E-state index in [4.69, 9.17) is 17.0 Å². The lowest BCUT2D eigenvalue weighted by Gasteiger charge is -2.04. The number of rotatable bonds is 5. The van der Waals surface area contributed by atoms with Crippen molar-refractivity contribution in [3.63, 3.8) is 0 Å². The van der Waals surface area contributed by atoms with Crippen LogP contribution in [-0.4, -0.2) is 32.8 Å². The number of carbonyl (C=O) groups is 1. The Hall–Kier alpha value is -2.82. The summed E-state index contributed by atoms with van der Waals surface area (Å²) < 4.78 is 7.84. The van der Waals surface area contributed by atoms with E-state index in [0.717, 1.165) is 10.0 Å². The third-order valence-corrected chi connectivity index (χ3v) is 6.42. The van der Waals surface area contributed by atoms with E-state index in [1.807, 2.05) is 30.3 Å². The van der Waals surface area contributed by atoms with Gasteiger partial charge >= 0.3 is 5.97 Å². The molecule has 0 fully saturated rings. The first kappa shape index (κ1) is 19.5. The molecule has 2 aromatic heterocycles. The fourth-order valence-electron chi connectivity index (χ4n) is 2.68. The van der Waals surface area contributed by atoms with E-state index in [2.05, 4.69) is 15.1 Å². The van der Waals surface area contributed by atoms with E-state index < -0.39 is 5.97 Å². The second kappa shape index (κ2) is 8.27. The van der Waals surface area contributed by atoms with Gasteiger partial charge in [-0.3, -0.25) is 4.79 Å². The molecule has 0 aliphatic carbocycles. The van der Waals surface area contributed by atoms with Crippen molar-refractivity contribution in [1.29, 1.82) is 0 Å². The zero-order valence-corrected chi connectivity index (χ0v) is 17.6. The van der Waals surface area contributed by atoms with Gasteiger partial charge in [0.15, 0.2) is 8.29 Å². The number of para-hydroxylation sites is 1. The zero-order valence-electron chi connectivity index (χ0n) is 15.1. The summed E-state index contributed by atoms with van der Waals surface area (Å²) in [6.45, 7) is 0. The molecule has 1 N–H and O–H groups in total. The molecule has 0 unspecified atom stereocenters. The molecule has 0 saturated carbocycles. The first-order valence-corrected chi connectivity index (χ1v) is 10.7. The average Bonchev–Trinajstić information content (AvgIpc) is 3.12. The van der Waals surface area contributed by atoms with Crippen LogP contribution in [0.15, 0.2) is 57.7 Å². The van der Waals surface area contributed by atoms with Crippen molar-refractivity contribution < 1.29 is 9.53 Å². The lowest BCUT2D eigenvalue weighted by atomic mass is 10.1. The number of thioether (sulfide) groups is 1. The number of aromatic amines is 1. The van der Waals surface area contributed by atoms with E-state index in [1.54, 1.807) is 22.9 Å². The van der Waals surface area contributed by atoms with Gasteiger partial charge in [-0.25, -0.2) is 14.5 Å². The highest BCUT2D eigenvalue weighted by Gasteiger charge is 2.11. The summed E-state index contributed by atoms with van der Waals surface area (Å²) in [4.78, 5) is 31.3. The summed E-state index contributed by atoms with van der Waals surface area (Å²) >= 11 is 8.23. The van der Waals surface area contributed by atoms with E-state index >= 15 is 0 Å². The number of methoxy groups -OCH3 is 1. The van der Waals surface area contributed by atoms with Gasteiger partial charge in [-0.1, -0.05) is 41.3 Å². The molecule has 0 bridgehead atoms. The number of hydrogen-bond donors (Lipinski definition) is 1. The predicted molar refractivity (Wildman–Crippen MR) is 116 cm³/mol. The van der Waals surface area contributed by atoms with Gasteiger partial charge in [-0.2, -0.15) is 0 Å². The van der Waals surface area contributed by atoms with Crippen LogP contribution in [-0.2, 0) is 10.5 Å². The molecule has 0 aliphatic heterocycles. The van der Waals surface area contributed by atoms with Crippen molar-refractivity contribution in [2.45, 2.75) is 10.1 Å². The largest absolute Gasteiger partial charge is 0.465 e. The van der Waals surface area contributed by atoms with Gasteiger partial charge in [0.25, 0.3) is 5.56 Å². The van der Waals surface area contributed by atoms with Gasteiger partial charge in [0.2, 0.25) is 0 Å². The Morgan fingerprint density at radius 1 is 1.28 bits per heavy atom. The topological polar surface area (TPSA) is 89.9 Å². The Labute approximate surface area is 178 Å². The number of nitrogens with zero attached hydrogens (tertiary/aromatic N) is 3. The molecule has 2 heterocycles. The second-order valence-electron chi connectivity index (χ2n) is 5.91. The molecular formula is C19H14N4O3S3. The fourth-order valence-corrected chi connectivity index (χ4v) is 4.91. The number of nitrogens with one attached hydrogen (secondary N) is 1. The van der Waals surface area contributed by atoms with Crippen LogP contribution >= 0.6 is 35.3 Å². The normalized spacial score (nSPS) is 10.9. The van der Waals surface area contributed by atoms with Crippen LogP contribution in [0.1, 0.15) is 16.2 Å². The van der Waals surface area contributed by atoms with Crippen LogP contribution in [0.2, 0.25) is 0 Å². The van der Waals surface area contributed by atoms with Gasteiger partial charge in [-0.15, -0.1) is 5.10 Å². The average molecular weight is 443 g/mol. The summed E-state index contributed by atoms with van der Waals surface area (Å²) in [5, 5.41) is 4.95. The lowest BCUT2D eigenvalue weighted by Crippen LogP contribution is -2.12. The molecule has 0 spiro atoms. The van der Waals surface area contributed by atoms with Crippen molar-refractivity contribution >= 4 is 52.2 Å². The fraction of sp³-hybridized carbons (Fsp3) is 0.105. The molecule has 4 rings (SSSR count). The third-order valence-electron chi connectivity index (χ3n) is 4.04. The lowest BCUT2D eigenvalue weighted by molar-refractivity contribution is 0.0601. The molecule has 2 aromatic carbocycles. The summed E-state index contributed by atoms with van der Waals surface area (Å²) in [5.41, 5.74) is 1.42. The van der Waals surface area contributed by atoms with Crippen molar-refractivity contribution in [2.75, 3.05) is 7.11 Å². The maximum Gasteiger partial charge on any atom is 0.337 e. The van der Waals surface area contributed by atoms with Crippen molar-refractivity contribution in [2.24, 2.45) is 0 Å². The van der Waals surface area contributed by atoms with Gasteiger partial charge < -0.3 is 9.72 Å². The Kier molecular flexibility index (Phi) is 5.56. The molecule has 4 aromatic rings. The van der Waals surface area contributed by atoms with Crippen LogP contribution in [0.25, 0.3) is 16.6 Å². The molecule has 0 atom stereocenters. The highest BCUT2D eigenvalue weighted by molar-refractivity contribution is 8.00. The smallest absolute Gasteiger partial charge is 0.337 e. The maximum absolute atomic E-state index is 12.4. The van der Waals surface area contributed by atoms with Crippen molar-refractivity contribution in [3.8, 4) is 5.69 Å². The van der Waals surface area contributed by atoms with E-state index in [0.29, 0.717) is 32.0 Å². The number of esters is 1. The second-order valence-corrected chi connectivity index (χ2v) is 8.75. The quantitative estimate of drug-likeness (QED) is 0.284. The molecule has 7 nitrogen and oxygen atoms in total. The predicted octanol–water partition coefficient (Wildman–Crippen LogP) is 3.98. The van der Waals surface area contributed by atoms with Gasteiger partial charge in [0, 0.05) is 0 Å². The number of benzene rings is 2. The number of ether oxygens (including phenoxy) is 1. The van der Waals surface area contributed by atoms with Crippen LogP contribution in [0.5, 0.6) is 0 Å². The first-order chi connectivity index (χ1) is 14.0. The maximum atomic E-state index is 12.4. The van der Waals surface area contributed by atoms with Crippen LogP contribution in [0, 0.1) is 3.95 Å². The molecule has 146 valence electrons. The highest BCUT2D eigenvalue weighted by Crippen LogP contribution is 2.26. The highest BCUT2D eigenvalue weighted by atomic mass is 32.2. The Morgan fingerprint density at radius 2 is 2.07 bits per heavy atom. The number of H-pyrrole nitrogens is 1. The number of hydrogen-bond acceptors (Lipinski definition) is 8. The molecule has 0 aliphatic rings. The van der Waals surface area contributed by atoms with Crippen molar-refractivity contribution in [3.05, 3.63) is 74.2 Å². The zero-order chi connectivity index (χ0) is 20.4. The van der Waals surface area contributed by atoms with Gasteiger partial charge in [-0.05, 0) is 42.5 Å². The van der Waals surface area contributed by atoms with Crippen LogP contribution < -0.4 is 5.56 Å². The van der Waals surface area contributed by atoms with Gasteiger partial charge in [0.1, 0.15) is 5.82 Å². The van der Waals surface area contributed by atoms with E-state index in [1.165, 1.54) is 30.2 Å². The number of carbonyl (C=O) groups excluding carboxylic acids is 1. The standard InChI is InChI=1S/C19H14N4O3S3/c1-26-17(25)11-7-8-13-14(9-11)20-15(21-16(13)24)10-28-18-22-23(19(27)29-18)12-5-3-2-4-6-12/h2-9H,10H2,1H3,(H,20,21,24). The molecule has 0 saturated heterocycles. The first-order valence-electron chi connectivity index (χ1n) is 8.45. The SMILES string of the molecule is COC(=O)c1ccc2c(=O)[nH]c(CSc3nn(-c4ccccc4)c(=S)s3)nc2c1. The molecule has 0 amide bonds. The molecule has 0 radical (unpaired) electrons. The minimum Gasteiger partial charge on any atom is -0.465 e. The van der Waals surface area contributed by atoms with E-state index in [-0.39, 0.29) is 5.56 Å². The summed E-state index contributed by atoms with van der Waals surface area (Å²) in [7, 11) is 1.31. The van der Waals surface area contributed by atoms with Crippen LogP contribution in [0.4, 0.5) is 0 Å². The van der Waals surface area contributed by atoms with Gasteiger partial charge in [0.05, 0.1) is 35.0 Å². The van der Waals surface area contributed by atoms with Crippen LogP contribution in [0.3, 0.4) is 0 Å². The Bertz CT molecular complexity index is 1310. The molecule has 29 heavy (non-hydrogen) atoms. The molecular weight excluding hydrogens is 428 g/mol. The minimum atomic E-state index is -0.476. The summed E-state index contributed by atoms with van der Waals surface area (Å²) in [6.07, 6.45) is 0. The third kappa shape index (κ3) is 4.14. The minimum absolute atomic E-state index is 0.260.